The Morgan fingerprint density at radius 3 is 3.00 bits per heavy atom. The number of carbonyl (C=O) groups excluding carboxylic acids is 1. The molecular formula is C16H28N2O4. The fourth-order valence-electron chi connectivity index (χ4n) is 2.57. The van der Waals surface area contributed by atoms with Crippen LogP contribution >= 0.6 is 0 Å². The van der Waals surface area contributed by atoms with Crippen molar-refractivity contribution in [1.82, 2.24) is 10.4 Å². The van der Waals surface area contributed by atoms with Crippen molar-refractivity contribution in [3.05, 3.63) is 11.6 Å². The Bertz CT molecular complexity index is 376. The molecule has 2 saturated heterocycles. The first-order valence-corrected chi connectivity index (χ1v) is 8.15. The molecule has 1 amide bonds. The van der Waals surface area contributed by atoms with Crippen LogP contribution in [0.15, 0.2) is 11.6 Å². The van der Waals surface area contributed by atoms with Gasteiger partial charge in [-0.25, -0.2) is 0 Å². The van der Waals surface area contributed by atoms with E-state index >= 15 is 0 Å². The maximum absolute atomic E-state index is 12.1. The van der Waals surface area contributed by atoms with E-state index in [0.29, 0.717) is 32.8 Å². The minimum Gasteiger partial charge on any atom is -0.379 e. The molecule has 2 aliphatic rings. The Morgan fingerprint density at radius 2 is 2.27 bits per heavy atom. The van der Waals surface area contributed by atoms with Crippen molar-refractivity contribution in [2.24, 2.45) is 0 Å². The summed E-state index contributed by atoms with van der Waals surface area (Å²) in [5.74, 6) is 0.0295. The molecule has 22 heavy (non-hydrogen) atoms. The summed E-state index contributed by atoms with van der Waals surface area (Å²) in [6, 6.07) is -0.0636. The van der Waals surface area contributed by atoms with Gasteiger partial charge in [-0.3, -0.25) is 9.63 Å². The molecule has 0 aromatic heterocycles. The van der Waals surface area contributed by atoms with Gasteiger partial charge in [-0.2, -0.15) is 5.06 Å². The van der Waals surface area contributed by atoms with E-state index in [1.54, 1.807) is 0 Å². The lowest BCUT2D eigenvalue weighted by molar-refractivity contribution is -0.133. The number of hydrogen-bond acceptors (Lipinski definition) is 5. The lowest BCUT2D eigenvalue weighted by Gasteiger charge is -2.32. The minimum absolute atomic E-state index is 0.0244. The molecule has 0 aliphatic carbocycles. The van der Waals surface area contributed by atoms with Crippen molar-refractivity contribution in [2.75, 3.05) is 39.5 Å². The maximum atomic E-state index is 12.1. The van der Waals surface area contributed by atoms with E-state index in [1.807, 2.05) is 18.9 Å². The Balaban J connectivity index is 1.72. The first kappa shape index (κ1) is 17.4. The first-order valence-electron chi connectivity index (χ1n) is 8.15. The third-order valence-corrected chi connectivity index (χ3v) is 3.86. The van der Waals surface area contributed by atoms with Gasteiger partial charge in [0.05, 0.1) is 32.0 Å². The fraction of sp³-hybridized carbons (Fsp3) is 0.812. The summed E-state index contributed by atoms with van der Waals surface area (Å²) in [7, 11) is 0. The first-order chi connectivity index (χ1) is 10.6. The number of nitrogens with one attached hydrogen (secondary N) is 1. The maximum Gasteiger partial charge on any atom is 0.221 e. The fourth-order valence-corrected chi connectivity index (χ4v) is 2.57. The topological polar surface area (TPSA) is 60.0 Å². The number of ether oxygens (including phenoxy) is 2. The van der Waals surface area contributed by atoms with Crippen LogP contribution in [0.1, 0.15) is 33.1 Å². The Hall–Kier alpha value is -0.950. The van der Waals surface area contributed by atoms with Crippen LogP contribution in [-0.4, -0.2) is 62.6 Å². The summed E-state index contributed by atoms with van der Waals surface area (Å²) in [5.41, 5.74) is 1.23. The standard InChI is InChI=1S/C16H28N2O4/c1-13(2)5-11-21-15-6-10-20-12-14(15)17-16(19)4-8-18-7-3-9-22-18/h5,14-15H,3-4,6-12H2,1-2H3,(H,17,19)/t14-,15+/m0/s1. The molecule has 6 nitrogen and oxygen atoms in total. The molecule has 0 bridgehead atoms. The molecule has 2 atom stereocenters. The van der Waals surface area contributed by atoms with Gasteiger partial charge in [-0.15, -0.1) is 0 Å². The van der Waals surface area contributed by atoms with Crippen LogP contribution in [0, 0.1) is 0 Å². The lowest BCUT2D eigenvalue weighted by atomic mass is 10.1. The average Bonchev–Trinajstić information content (AvgIpc) is 3.00. The van der Waals surface area contributed by atoms with E-state index in [-0.39, 0.29) is 18.1 Å². The normalized spacial score (nSPS) is 25.9. The number of nitrogens with zero attached hydrogens (tertiary/aromatic N) is 1. The van der Waals surface area contributed by atoms with Gasteiger partial charge in [0.25, 0.3) is 0 Å². The van der Waals surface area contributed by atoms with E-state index in [2.05, 4.69) is 11.4 Å². The SMILES string of the molecule is CC(C)=CCO[C@@H]1CCOC[C@@H]1NC(=O)CCN1CCCO1. The van der Waals surface area contributed by atoms with Gasteiger partial charge >= 0.3 is 0 Å². The summed E-state index contributed by atoms with van der Waals surface area (Å²) in [4.78, 5) is 17.5. The highest BCUT2D eigenvalue weighted by atomic mass is 16.7. The van der Waals surface area contributed by atoms with Gasteiger partial charge in [-0.05, 0) is 26.7 Å². The van der Waals surface area contributed by atoms with Crippen LogP contribution in [-0.2, 0) is 19.1 Å². The van der Waals surface area contributed by atoms with Crippen molar-refractivity contribution in [3.63, 3.8) is 0 Å². The molecule has 1 N–H and O–H groups in total. The average molecular weight is 312 g/mol. The Morgan fingerprint density at radius 1 is 1.41 bits per heavy atom. The zero-order chi connectivity index (χ0) is 15.8. The third-order valence-electron chi connectivity index (χ3n) is 3.86. The summed E-state index contributed by atoms with van der Waals surface area (Å²) in [6.07, 6.45) is 4.38. The number of amides is 1. The lowest BCUT2D eigenvalue weighted by Crippen LogP contribution is -2.51. The Labute approximate surface area is 132 Å². The second-order valence-electron chi connectivity index (χ2n) is 6.06. The highest BCUT2D eigenvalue weighted by molar-refractivity contribution is 5.76. The summed E-state index contributed by atoms with van der Waals surface area (Å²) < 4.78 is 11.4. The number of allylic oxidation sites excluding steroid dienone is 1. The summed E-state index contributed by atoms with van der Waals surface area (Å²) in [5, 5.41) is 4.90. The van der Waals surface area contributed by atoms with Crippen LogP contribution in [0.25, 0.3) is 0 Å². The van der Waals surface area contributed by atoms with E-state index < -0.39 is 0 Å². The molecular weight excluding hydrogens is 284 g/mol. The number of carbonyl (C=O) groups is 1. The summed E-state index contributed by atoms with van der Waals surface area (Å²) >= 11 is 0. The molecule has 2 fully saturated rings. The van der Waals surface area contributed by atoms with Crippen molar-refractivity contribution in [1.29, 1.82) is 0 Å². The molecule has 126 valence electrons. The van der Waals surface area contributed by atoms with Gasteiger partial charge in [0.15, 0.2) is 0 Å². The van der Waals surface area contributed by atoms with Crippen LogP contribution in [0.3, 0.4) is 0 Å². The molecule has 2 rings (SSSR count). The second-order valence-corrected chi connectivity index (χ2v) is 6.06. The van der Waals surface area contributed by atoms with Crippen molar-refractivity contribution >= 4 is 5.91 Å². The number of rotatable bonds is 7. The highest BCUT2D eigenvalue weighted by Crippen LogP contribution is 2.13. The monoisotopic (exact) mass is 312 g/mol. The van der Waals surface area contributed by atoms with E-state index in [4.69, 9.17) is 14.3 Å². The largest absolute Gasteiger partial charge is 0.379 e. The number of hydrogen-bond donors (Lipinski definition) is 1. The Kier molecular flexibility index (Phi) is 7.32. The van der Waals surface area contributed by atoms with Crippen molar-refractivity contribution in [3.8, 4) is 0 Å². The molecule has 0 aromatic carbocycles. The van der Waals surface area contributed by atoms with Crippen LogP contribution in [0.2, 0.25) is 0 Å². The van der Waals surface area contributed by atoms with Crippen molar-refractivity contribution < 1.29 is 19.1 Å². The van der Waals surface area contributed by atoms with E-state index in [1.165, 1.54) is 5.57 Å². The van der Waals surface area contributed by atoms with Crippen molar-refractivity contribution in [2.45, 2.75) is 45.3 Å². The van der Waals surface area contributed by atoms with Gasteiger partial charge in [-0.1, -0.05) is 11.6 Å². The molecule has 0 aromatic rings. The predicted octanol–water partition coefficient (Wildman–Crippen LogP) is 1.27. The third kappa shape index (κ3) is 6.04. The van der Waals surface area contributed by atoms with Crippen LogP contribution in [0.5, 0.6) is 0 Å². The van der Waals surface area contributed by atoms with E-state index in [9.17, 15) is 4.79 Å². The molecule has 6 heteroatoms. The van der Waals surface area contributed by atoms with Gasteiger partial charge in [0.2, 0.25) is 5.91 Å². The molecule has 0 saturated carbocycles. The summed E-state index contributed by atoms with van der Waals surface area (Å²) in [6.45, 7) is 8.20. The second kappa shape index (κ2) is 9.25. The molecule has 0 unspecified atom stereocenters. The van der Waals surface area contributed by atoms with Gasteiger partial charge in [0, 0.05) is 26.1 Å². The van der Waals surface area contributed by atoms with Crippen LogP contribution < -0.4 is 5.32 Å². The van der Waals surface area contributed by atoms with Gasteiger partial charge in [0.1, 0.15) is 0 Å². The minimum atomic E-state index is -0.0636. The predicted molar refractivity (Wildman–Crippen MR) is 83.3 cm³/mol. The zero-order valence-electron chi connectivity index (χ0n) is 13.7. The quantitative estimate of drug-likeness (QED) is 0.718. The van der Waals surface area contributed by atoms with Gasteiger partial charge < -0.3 is 14.8 Å². The highest BCUT2D eigenvalue weighted by Gasteiger charge is 2.27. The van der Waals surface area contributed by atoms with Crippen LogP contribution in [0.4, 0.5) is 0 Å². The smallest absolute Gasteiger partial charge is 0.221 e. The number of hydroxylamine groups is 2. The molecule has 2 aliphatic heterocycles. The molecule has 0 radical (unpaired) electrons. The molecule has 2 heterocycles. The van der Waals surface area contributed by atoms with E-state index in [0.717, 1.165) is 26.0 Å². The molecule has 0 spiro atoms. The zero-order valence-corrected chi connectivity index (χ0v) is 13.7.